The van der Waals surface area contributed by atoms with E-state index in [4.69, 9.17) is 0 Å². The van der Waals surface area contributed by atoms with E-state index in [9.17, 15) is 14.7 Å². The molecule has 0 spiro atoms. The molecule has 5 heteroatoms. The summed E-state index contributed by atoms with van der Waals surface area (Å²) in [5.41, 5.74) is 0.488. The van der Waals surface area contributed by atoms with Gasteiger partial charge in [-0.2, -0.15) is 0 Å². The molecule has 2 rings (SSSR count). The number of carbonyl (C=O) groups is 1. The minimum absolute atomic E-state index is 0.0379. The molecule has 0 saturated carbocycles. The zero-order chi connectivity index (χ0) is 15.6. The molecule has 0 saturated heterocycles. The van der Waals surface area contributed by atoms with Crippen molar-refractivity contribution in [2.75, 3.05) is 0 Å². The maximum atomic E-state index is 12.7. The number of benzene rings is 1. The number of aromatic hydroxyl groups is 1. The molecule has 2 aromatic rings. The Morgan fingerprint density at radius 3 is 2.62 bits per heavy atom. The molecule has 21 heavy (non-hydrogen) atoms. The Kier molecular flexibility index (Phi) is 4.43. The Morgan fingerprint density at radius 1 is 1.29 bits per heavy atom. The third kappa shape index (κ3) is 3.13. The highest BCUT2D eigenvalue weighted by Crippen LogP contribution is 2.25. The van der Waals surface area contributed by atoms with Gasteiger partial charge >= 0.3 is 0 Å². The summed E-state index contributed by atoms with van der Waals surface area (Å²) in [5, 5.41) is 13.6. The quantitative estimate of drug-likeness (QED) is 0.737. The summed E-state index contributed by atoms with van der Waals surface area (Å²) in [4.78, 5) is 26.6. The molecule has 1 aromatic heterocycles. The number of ketones is 1. The third-order valence-corrected chi connectivity index (χ3v) is 3.40. The van der Waals surface area contributed by atoms with Crippen LogP contribution in [0.4, 0.5) is 0 Å². The van der Waals surface area contributed by atoms with E-state index in [-0.39, 0.29) is 29.2 Å². The van der Waals surface area contributed by atoms with Crippen LogP contribution < -0.4 is 10.9 Å². The summed E-state index contributed by atoms with van der Waals surface area (Å²) in [7, 11) is 0. The first-order valence-corrected chi connectivity index (χ1v) is 7.09. The van der Waals surface area contributed by atoms with Gasteiger partial charge in [0.1, 0.15) is 5.75 Å². The van der Waals surface area contributed by atoms with Gasteiger partial charge in [0.15, 0.2) is 5.78 Å². The molecule has 1 heterocycles. The molecule has 0 aliphatic carbocycles. The van der Waals surface area contributed by atoms with Gasteiger partial charge < -0.3 is 15.4 Å². The summed E-state index contributed by atoms with van der Waals surface area (Å²) < 4.78 is 0. The summed E-state index contributed by atoms with van der Waals surface area (Å²) in [5.74, 6) is -0.0765. The largest absolute Gasteiger partial charge is 0.506 e. The number of carbonyl (C=O) groups excluding carboxylic acids is 1. The first kappa shape index (κ1) is 15.3. The molecular formula is C16H20N2O3. The van der Waals surface area contributed by atoms with Gasteiger partial charge in [-0.3, -0.25) is 9.59 Å². The van der Waals surface area contributed by atoms with Crippen LogP contribution in [0.5, 0.6) is 5.75 Å². The van der Waals surface area contributed by atoms with Crippen LogP contribution in [0.2, 0.25) is 0 Å². The summed E-state index contributed by atoms with van der Waals surface area (Å²) >= 11 is 0. The smallest absolute Gasteiger partial charge is 0.248 e. The molecule has 112 valence electrons. The van der Waals surface area contributed by atoms with E-state index in [1.165, 1.54) is 12.1 Å². The number of hydrogen-bond acceptors (Lipinski definition) is 4. The molecule has 0 bridgehead atoms. The van der Waals surface area contributed by atoms with E-state index in [1.807, 2.05) is 20.8 Å². The summed E-state index contributed by atoms with van der Waals surface area (Å²) in [6, 6.07) is 5.88. The molecular weight excluding hydrogens is 268 g/mol. The number of pyridine rings is 1. The van der Waals surface area contributed by atoms with Crippen molar-refractivity contribution in [3.8, 4) is 5.75 Å². The maximum absolute atomic E-state index is 12.7. The van der Waals surface area contributed by atoms with Gasteiger partial charge in [-0.1, -0.05) is 20.8 Å². The minimum atomic E-state index is -0.310. The van der Waals surface area contributed by atoms with Gasteiger partial charge in [-0.15, -0.1) is 0 Å². The average Bonchev–Trinajstić information content (AvgIpc) is 2.45. The molecule has 5 nitrogen and oxygen atoms in total. The predicted molar refractivity (Wildman–Crippen MR) is 82.9 cm³/mol. The van der Waals surface area contributed by atoms with Crippen molar-refractivity contribution in [2.24, 2.45) is 0 Å². The molecule has 0 radical (unpaired) electrons. The maximum Gasteiger partial charge on any atom is 0.248 e. The van der Waals surface area contributed by atoms with Gasteiger partial charge in [0, 0.05) is 23.1 Å². The molecule has 0 aliphatic rings. The van der Waals surface area contributed by atoms with E-state index < -0.39 is 0 Å². The van der Waals surface area contributed by atoms with Crippen molar-refractivity contribution in [3.05, 3.63) is 40.2 Å². The number of phenolic OH excluding ortho intramolecular Hbond substituents is 1. The van der Waals surface area contributed by atoms with Crippen molar-refractivity contribution >= 4 is 16.7 Å². The summed E-state index contributed by atoms with van der Waals surface area (Å²) in [6.07, 6.45) is 0.669. The number of aromatic nitrogens is 1. The number of phenols is 1. The fourth-order valence-electron chi connectivity index (χ4n) is 2.42. The van der Waals surface area contributed by atoms with Gasteiger partial charge in [-0.25, -0.2) is 0 Å². The van der Waals surface area contributed by atoms with Crippen molar-refractivity contribution in [1.29, 1.82) is 0 Å². The zero-order valence-electron chi connectivity index (χ0n) is 12.4. The topological polar surface area (TPSA) is 82.2 Å². The van der Waals surface area contributed by atoms with Crippen LogP contribution >= 0.6 is 0 Å². The van der Waals surface area contributed by atoms with Crippen LogP contribution in [-0.2, 0) is 0 Å². The first-order chi connectivity index (χ1) is 9.93. The summed E-state index contributed by atoms with van der Waals surface area (Å²) in [6.45, 7) is 5.92. The minimum Gasteiger partial charge on any atom is -0.506 e. The number of fused-ring (bicyclic) bond motifs is 1. The zero-order valence-corrected chi connectivity index (χ0v) is 12.4. The highest BCUT2D eigenvalue weighted by atomic mass is 16.3. The Bertz CT molecular complexity index is 719. The van der Waals surface area contributed by atoms with Gasteiger partial charge in [-0.05, 0) is 24.6 Å². The second-order valence-corrected chi connectivity index (χ2v) is 5.39. The van der Waals surface area contributed by atoms with Crippen LogP contribution in [-0.4, -0.2) is 28.0 Å². The fraction of sp³-hybridized carbons (Fsp3) is 0.375. The Balaban J connectivity index is 2.53. The number of Topliss-reactive ketones (excluding diaryl/α,β-unsaturated/α-hetero) is 1. The van der Waals surface area contributed by atoms with E-state index in [1.54, 1.807) is 12.1 Å². The molecule has 1 unspecified atom stereocenters. The molecule has 0 amide bonds. The standard InChI is InChI=1S/C16H20N2O3/c1-4-12(17-9(2)3)16(21)11-5-7-13(19)15-10(11)6-8-14(20)18-15/h5-9,12,17,19H,4H2,1-3H3,(H,18,20). The second kappa shape index (κ2) is 6.10. The number of hydrogen-bond donors (Lipinski definition) is 3. The number of nitrogens with one attached hydrogen (secondary N) is 2. The van der Waals surface area contributed by atoms with E-state index in [0.29, 0.717) is 22.9 Å². The molecule has 0 aliphatic heterocycles. The number of H-pyrrole nitrogens is 1. The molecule has 1 aromatic carbocycles. The van der Waals surface area contributed by atoms with Crippen molar-refractivity contribution < 1.29 is 9.90 Å². The Hall–Kier alpha value is -2.14. The number of rotatable bonds is 5. The lowest BCUT2D eigenvalue weighted by Crippen LogP contribution is -2.40. The molecule has 0 fully saturated rings. The normalized spacial score (nSPS) is 12.8. The van der Waals surface area contributed by atoms with E-state index in [0.717, 1.165) is 0 Å². The predicted octanol–water partition coefficient (Wildman–Crippen LogP) is 2.19. The van der Waals surface area contributed by atoms with E-state index >= 15 is 0 Å². The second-order valence-electron chi connectivity index (χ2n) is 5.39. The lowest BCUT2D eigenvalue weighted by Gasteiger charge is -2.19. The van der Waals surface area contributed by atoms with Crippen molar-refractivity contribution in [3.63, 3.8) is 0 Å². The fourth-order valence-corrected chi connectivity index (χ4v) is 2.42. The number of aromatic amines is 1. The lowest BCUT2D eigenvalue weighted by molar-refractivity contribution is 0.0937. The van der Waals surface area contributed by atoms with E-state index in [2.05, 4.69) is 10.3 Å². The Morgan fingerprint density at radius 2 is 2.00 bits per heavy atom. The van der Waals surface area contributed by atoms with Gasteiger partial charge in [0.05, 0.1) is 11.6 Å². The Labute approximate surface area is 123 Å². The molecule has 3 N–H and O–H groups in total. The molecule has 1 atom stereocenters. The first-order valence-electron chi connectivity index (χ1n) is 7.09. The highest BCUT2D eigenvalue weighted by Gasteiger charge is 2.21. The highest BCUT2D eigenvalue weighted by molar-refractivity contribution is 6.10. The third-order valence-electron chi connectivity index (χ3n) is 3.40. The van der Waals surface area contributed by atoms with Crippen LogP contribution in [0, 0.1) is 0 Å². The van der Waals surface area contributed by atoms with Crippen LogP contribution in [0.15, 0.2) is 29.1 Å². The van der Waals surface area contributed by atoms with Crippen LogP contribution in [0.1, 0.15) is 37.6 Å². The van der Waals surface area contributed by atoms with Gasteiger partial charge in [0.25, 0.3) is 0 Å². The van der Waals surface area contributed by atoms with Crippen molar-refractivity contribution in [2.45, 2.75) is 39.3 Å². The van der Waals surface area contributed by atoms with Crippen LogP contribution in [0.3, 0.4) is 0 Å². The SMILES string of the molecule is CCC(NC(C)C)C(=O)c1ccc(O)c2[nH]c(=O)ccc12. The average molecular weight is 288 g/mol. The van der Waals surface area contributed by atoms with Gasteiger partial charge in [0.2, 0.25) is 5.56 Å². The monoisotopic (exact) mass is 288 g/mol. The van der Waals surface area contributed by atoms with Crippen molar-refractivity contribution in [1.82, 2.24) is 10.3 Å². The van der Waals surface area contributed by atoms with Crippen LogP contribution in [0.25, 0.3) is 10.9 Å². The lowest BCUT2D eigenvalue weighted by atomic mass is 9.97.